The van der Waals surface area contributed by atoms with Gasteiger partial charge in [-0.25, -0.2) is 0 Å². The van der Waals surface area contributed by atoms with Gasteiger partial charge < -0.3 is 0 Å². The van der Waals surface area contributed by atoms with Crippen molar-refractivity contribution in [2.75, 3.05) is 0 Å². The zero-order valence-electron chi connectivity index (χ0n) is 25.0. The lowest BCUT2D eigenvalue weighted by atomic mass is 9.89. The number of hydrogen-bond donors (Lipinski definition) is 0. The minimum atomic E-state index is 1.24. The monoisotopic (exact) mass is 578 g/mol. The summed E-state index contributed by atoms with van der Waals surface area (Å²) in [7, 11) is 0. The van der Waals surface area contributed by atoms with Crippen molar-refractivity contribution >= 4 is 64.6 Å². The van der Waals surface area contributed by atoms with Gasteiger partial charge in [-0.15, -0.1) is 0 Å². The summed E-state index contributed by atoms with van der Waals surface area (Å²) in [5, 5.41) is 15.7. The van der Waals surface area contributed by atoms with E-state index in [4.69, 9.17) is 0 Å². The summed E-state index contributed by atoms with van der Waals surface area (Å²) in [6, 6.07) is 59.2. The minimum absolute atomic E-state index is 1.24. The van der Waals surface area contributed by atoms with Crippen LogP contribution in [0.4, 0.5) is 0 Å². The summed E-state index contributed by atoms with van der Waals surface area (Å²) in [6.07, 6.45) is 0. The van der Waals surface area contributed by atoms with Gasteiger partial charge in [-0.05, 0) is 139 Å². The maximum Gasteiger partial charge on any atom is -0.00206 e. The van der Waals surface area contributed by atoms with Crippen LogP contribution < -0.4 is 0 Å². The molecule has 0 nitrogen and oxygen atoms in total. The van der Waals surface area contributed by atoms with Crippen LogP contribution in [0.3, 0.4) is 0 Å². The number of fused-ring (bicyclic) bond motifs is 5. The van der Waals surface area contributed by atoms with Crippen LogP contribution >= 0.6 is 0 Å². The van der Waals surface area contributed by atoms with Crippen LogP contribution in [0.2, 0.25) is 0 Å². The van der Waals surface area contributed by atoms with Gasteiger partial charge in [0.15, 0.2) is 0 Å². The lowest BCUT2D eigenvalue weighted by molar-refractivity contribution is 1.66. The SMILES string of the molecule is c1cc2c3c(cccc3c1)-c1cc3cc(-c4ccc5ccc(-c6ccc7ccc8cccc9ccc6c7c89)cc5c4)ccc3cc1-2. The quantitative estimate of drug-likeness (QED) is 0.179. The topological polar surface area (TPSA) is 0 Å². The maximum atomic E-state index is 2.40. The molecular weight excluding hydrogens is 553 g/mol. The van der Waals surface area contributed by atoms with E-state index in [2.05, 4.69) is 158 Å². The van der Waals surface area contributed by atoms with Crippen molar-refractivity contribution in [2.45, 2.75) is 0 Å². The molecule has 0 fully saturated rings. The maximum absolute atomic E-state index is 2.40. The Hall–Kier alpha value is -5.98. The average molecular weight is 579 g/mol. The van der Waals surface area contributed by atoms with Gasteiger partial charge in [-0.1, -0.05) is 127 Å². The first-order valence-corrected chi connectivity index (χ1v) is 16.1. The zero-order valence-corrected chi connectivity index (χ0v) is 25.0. The lowest BCUT2D eigenvalue weighted by Gasteiger charge is -2.15. The molecule has 0 aliphatic heterocycles. The fourth-order valence-electron chi connectivity index (χ4n) is 8.29. The number of rotatable bonds is 2. The smallest absolute Gasteiger partial charge is 0.00206 e. The Morgan fingerprint density at radius 2 is 0.696 bits per heavy atom. The number of hydrogen-bond acceptors (Lipinski definition) is 0. The second-order valence-corrected chi connectivity index (χ2v) is 12.9. The highest BCUT2D eigenvalue weighted by atomic mass is 14.2. The Morgan fingerprint density at radius 1 is 0.217 bits per heavy atom. The molecule has 210 valence electrons. The Bertz CT molecular complexity index is 2880. The first kappa shape index (κ1) is 24.4. The zero-order chi connectivity index (χ0) is 29.9. The van der Waals surface area contributed by atoms with Crippen LogP contribution in [0.15, 0.2) is 158 Å². The largest absolute Gasteiger partial charge is 0.0610 e. The second kappa shape index (κ2) is 8.81. The van der Waals surface area contributed by atoms with E-state index in [0.29, 0.717) is 0 Å². The van der Waals surface area contributed by atoms with Crippen molar-refractivity contribution in [3.8, 4) is 44.5 Å². The fraction of sp³-hybridized carbons (Fsp3) is 0. The van der Waals surface area contributed by atoms with E-state index in [-0.39, 0.29) is 0 Å². The Labute approximate surface area is 266 Å². The van der Waals surface area contributed by atoms with Gasteiger partial charge >= 0.3 is 0 Å². The second-order valence-electron chi connectivity index (χ2n) is 12.9. The molecule has 0 aromatic heterocycles. The third kappa shape index (κ3) is 3.28. The Balaban J connectivity index is 1.05. The standard InChI is InChI=1S/C46H26/c1-4-29-12-13-31-18-20-38(41-21-19-30(5-1)44(29)46(31)41)35-17-11-27-10-14-32(22-36(27)24-35)33-15-16-34-25-42-39-8-2-6-28-7-3-9-40(45(28)39)43(42)26-37(34)23-33/h1-26H. The minimum Gasteiger partial charge on any atom is -0.0610 e. The molecule has 1 aliphatic rings. The predicted octanol–water partition coefficient (Wildman–Crippen LogP) is 13.0. The van der Waals surface area contributed by atoms with E-state index in [1.165, 1.54) is 109 Å². The van der Waals surface area contributed by atoms with Gasteiger partial charge in [-0.2, -0.15) is 0 Å². The summed E-state index contributed by atoms with van der Waals surface area (Å²) in [4.78, 5) is 0. The fourth-order valence-corrected chi connectivity index (χ4v) is 8.29. The van der Waals surface area contributed by atoms with Crippen molar-refractivity contribution < 1.29 is 0 Å². The summed E-state index contributed by atoms with van der Waals surface area (Å²) in [6.45, 7) is 0. The molecule has 46 heavy (non-hydrogen) atoms. The average Bonchev–Trinajstić information content (AvgIpc) is 3.42. The molecule has 0 saturated carbocycles. The molecule has 0 N–H and O–H groups in total. The molecule has 10 aromatic carbocycles. The van der Waals surface area contributed by atoms with Crippen molar-refractivity contribution in [2.24, 2.45) is 0 Å². The molecular formula is C46H26. The first-order valence-electron chi connectivity index (χ1n) is 16.1. The molecule has 1 aliphatic carbocycles. The molecule has 11 rings (SSSR count). The summed E-state index contributed by atoms with van der Waals surface area (Å²) in [5.41, 5.74) is 10.4. The molecule has 0 atom stereocenters. The Kier molecular flexibility index (Phi) is 4.66. The number of benzene rings is 10. The van der Waals surface area contributed by atoms with Crippen molar-refractivity contribution in [1.29, 1.82) is 0 Å². The van der Waals surface area contributed by atoms with Crippen LogP contribution in [0.1, 0.15) is 0 Å². The van der Waals surface area contributed by atoms with Crippen molar-refractivity contribution in [3.05, 3.63) is 158 Å². The van der Waals surface area contributed by atoms with Crippen molar-refractivity contribution in [1.82, 2.24) is 0 Å². The van der Waals surface area contributed by atoms with Crippen molar-refractivity contribution in [3.63, 3.8) is 0 Å². The van der Waals surface area contributed by atoms with Gasteiger partial charge in [0.1, 0.15) is 0 Å². The predicted molar refractivity (Wildman–Crippen MR) is 198 cm³/mol. The van der Waals surface area contributed by atoms with E-state index >= 15 is 0 Å². The molecule has 0 saturated heterocycles. The normalized spacial score (nSPS) is 12.3. The van der Waals surface area contributed by atoms with E-state index in [1.807, 2.05) is 0 Å². The van der Waals surface area contributed by atoms with Crippen LogP contribution in [-0.4, -0.2) is 0 Å². The highest BCUT2D eigenvalue weighted by Crippen LogP contribution is 2.49. The van der Waals surface area contributed by atoms with Crippen LogP contribution in [0, 0.1) is 0 Å². The van der Waals surface area contributed by atoms with Crippen LogP contribution in [-0.2, 0) is 0 Å². The summed E-state index contributed by atoms with van der Waals surface area (Å²) >= 11 is 0. The van der Waals surface area contributed by atoms with Gasteiger partial charge in [-0.3, -0.25) is 0 Å². The van der Waals surface area contributed by atoms with Crippen LogP contribution in [0.5, 0.6) is 0 Å². The van der Waals surface area contributed by atoms with Gasteiger partial charge in [0.25, 0.3) is 0 Å². The third-order valence-electron chi connectivity index (χ3n) is 10.5. The molecule has 10 aromatic rings. The molecule has 0 amide bonds. The van der Waals surface area contributed by atoms with Gasteiger partial charge in [0, 0.05) is 0 Å². The molecule has 0 radical (unpaired) electrons. The Morgan fingerprint density at radius 3 is 1.41 bits per heavy atom. The van der Waals surface area contributed by atoms with E-state index in [1.54, 1.807) is 0 Å². The molecule has 0 unspecified atom stereocenters. The van der Waals surface area contributed by atoms with E-state index in [9.17, 15) is 0 Å². The van der Waals surface area contributed by atoms with Crippen LogP contribution in [0.25, 0.3) is 109 Å². The third-order valence-corrected chi connectivity index (χ3v) is 10.5. The van der Waals surface area contributed by atoms with Gasteiger partial charge in [0.2, 0.25) is 0 Å². The van der Waals surface area contributed by atoms with E-state index < -0.39 is 0 Å². The van der Waals surface area contributed by atoms with Gasteiger partial charge in [0.05, 0.1) is 0 Å². The molecule has 0 bridgehead atoms. The highest BCUT2D eigenvalue weighted by molar-refractivity contribution is 6.25. The molecule has 0 heteroatoms. The van der Waals surface area contributed by atoms with E-state index in [0.717, 1.165) is 0 Å². The summed E-state index contributed by atoms with van der Waals surface area (Å²) < 4.78 is 0. The first-order chi connectivity index (χ1) is 22.8. The highest BCUT2D eigenvalue weighted by Gasteiger charge is 2.21. The molecule has 0 spiro atoms. The lowest BCUT2D eigenvalue weighted by Crippen LogP contribution is -1.87. The summed E-state index contributed by atoms with van der Waals surface area (Å²) in [5.74, 6) is 0. The molecule has 0 heterocycles.